The molecule has 0 aliphatic heterocycles. The number of rotatable bonds is 1. The molecule has 5 nitrogen and oxygen atoms in total. The van der Waals surface area contributed by atoms with E-state index in [2.05, 4.69) is 10.3 Å². The maximum atomic E-state index is 12.6. The number of halogens is 2. The molecule has 1 aromatic heterocycles. The third-order valence-corrected chi connectivity index (χ3v) is 3.15. The fourth-order valence-corrected chi connectivity index (χ4v) is 1.97. The summed E-state index contributed by atoms with van der Waals surface area (Å²) in [4.78, 5) is 13.6. The van der Waals surface area contributed by atoms with Gasteiger partial charge in [0.05, 0.1) is 22.4 Å². The summed E-state index contributed by atoms with van der Waals surface area (Å²) in [5.41, 5.74) is 7.63. The Kier molecular flexibility index (Phi) is 4.45. The summed E-state index contributed by atoms with van der Waals surface area (Å²) < 4.78 is 26.5. The normalized spacial score (nSPS) is 10.2. The topological polar surface area (TPSA) is 75.8 Å². The average molecular weight is 306 g/mol. The van der Waals surface area contributed by atoms with Crippen LogP contribution in [0.5, 0.6) is 0 Å². The average Bonchev–Trinajstić information content (AvgIpc) is 2.74. The predicted molar refractivity (Wildman–Crippen MR) is 83.9 cm³/mol. The highest BCUT2D eigenvalue weighted by atomic mass is 19.1. The van der Waals surface area contributed by atoms with E-state index < -0.39 is 0 Å². The van der Waals surface area contributed by atoms with Gasteiger partial charge >= 0.3 is 5.69 Å². The molecule has 1 heterocycles. The van der Waals surface area contributed by atoms with Crippen LogP contribution in [0.25, 0.3) is 11.0 Å². The van der Waals surface area contributed by atoms with Gasteiger partial charge < -0.3 is 16.0 Å². The highest BCUT2D eigenvalue weighted by molar-refractivity contribution is 5.74. The van der Waals surface area contributed by atoms with Crippen LogP contribution in [-0.4, -0.2) is 16.6 Å². The minimum Gasteiger partial charge on any atom is -0.397 e. The molecule has 0 saturated carbocycles. The van der Waals surface area contributed by atoms with Gasteiger partial charge in [0.15, 0.2) is 0 Å². The Labute approximate surface area is 125 Å². The van der Waals surface area contributed by atoms with Gasteiger partial charge in [-0.2, -0.15) is 0 Å². The molecule has 7 heteroatoms. The monoisotopic (exact) mass is 306 g/mol. The Morgan fingerprint density at radius 3 is 2.41 bits per heavy atom. The first kappa shape index (κ1) is 15.6. The van der Waals surface area contributed by atoms with Crippen molar-refractivity contribution >= 4 is 22.4 Å². The molecular weight excluding hydrogens is 290 g/mol. The SMILES string of the molecule is CNc1ccc(F)cc1N.Cn1c(=O)[nH]c2cc(F)ccc21. The predicted octanol–water partition coefficient (Wildman–Crippen LogP) is 2.46. The lowest BCUT2D eigenvalue weighted by molar-refractivity contribution is 0.628. The number of benzene rings is 2. The van der Waals surface area contributed by atoms with Crippen LogP contribution in [0.2, 0.25) is 0 Å². The van der Waals surface area contributed by atoms with Gasteiger partial charge in [0.2, 0.25) is 0 Å². The Morgan fingerprint density at radius 1 is 1.14 bits per heavy atom. The molecule has 2 aromatic carbocycles. The number of imidazole rings is 1. The van der Waals surface area contributed by atoms with Crippen molar-refractivity contribution in [2.75, 3.05) is 18.1 Å². The minimum atomic E-state index is -0.343. The third-order valence-electron chi connectivity index (χ3n) is 3.15. The van der Waals surface area contributed by atoms with E-state index in [1.807, 2.05) is 0 Å². The molecule has 0 atom stereocenters. The molecule has 4 N–H and O–H groups in total. The zero-order valence-corrected chi connectivity index (χ0v) is 12.2. The largest absolute Gasteiger partial charge is 0.397 e. The number of anilines is 2. The summed E-state index contributed by atoms with van der Waals surface area (Å²) in [5, 5.41) is 2.83. The highest BCUT2D eigenvalue weighted by Crippen LogP contribution is 2.17. The number of aromatic nitrogens is 2. The molecule has 3 rings (SSSR count). The van der Waals surface area contributed by atoms with Crippen molar-refractivity contribution in [1.82, 2.24) is 9.55 Å². The van der Waals surface area contributed by atoms with Crippen molar-refractivity contribution in [3.05, 3.63) is 58.5 Å². The number of nitrogens with zero attached hydrogens (tertiary/aromatic N) is 1. The summed E-state index contributed by atoms with van der Waals surface area (Å²) in [7, 11) is 3.38. The van der Waals surface area contributed by atoms with E-state index in [9.17, 15) is 13.6 Å². The maximum Gasteiger partial charge on any atom is 0.326 e. The number of fused-ring (bicyclic) bond motifs is 1. The summed E-state index contributed by atoms with van der Waals surface area (Å²) >= 11 is 0. The molecule has 0 radical (unpaired) electrons. The maximum absolute atomic E-state index is 12.6. The van der Waals surface area contributed by atoms with E-state index in [1.54, 1.807) is 26.2 Å². The molecule has 0 aliphatic carbocycles. The second-order valence-corrected chi connectivity index (χ2v) is 4.63. The zero-order valence-electron chi connectivity index (χ0n) is 12.2. The summed E-state index contributed by atoms with van der Waals surface area (Å²) in [6, 6.07) is 8.45. The number of nitrogens with one attached hydrogen (secondary N) is 2. The number of aryl methyl sites for hydroxylation is 1. The first-order chi connectivity index (χ1) is 10.4. The molecular formula is C15H16F2N4O. The second kappa shape index (κ2) is 6.30. The van der Waals surface area contributed by atoms with Crippen LogP contribution < -0.4 is 16.7 Å². The van der Waals surface area contributed by atoms with Crippen LogP contribution in [-0.2, 0) is 7.05 Å². The van der Waals surface area contributed by atoms with Crippen LogP contribution >= 0.6 is 0 Å². The van der Waals surface area contributed by atoms with E-state index in [-0.39, 0.29) is 17.3 Å². The van der Waals surface area contributed by atoms with Crippen LogP contribution in [0.3, 0.4) is 0 Å². The van der Waals surface area contributed by atoms with Gasteiger partial charge in [0, 0.05) is 14.1 Å². The van der Waals surface area contributed by atoms with Crippen molar-refractivity contribution in [3.63, 3.8) is 0 Å². The lowest BCUT2D eigenvalue weighted by atomic mass is 10.2. The molecule has 0 fully saturated rings. The number of hydrogen-bond acceptors (Lipinski definition) is 3. The van der Waals surface area contributed by atoms with E-state index in [1.165, 1.54) is 28.8 Å². The smallest absolute Gasteiger partial charge is 0.326 e. The zero-order chi connectivity index (χ0) is 16.3. The number of nitrogen functional groups attached to an aromatic ring is 1. The number of H-pyrrole nitrogens is 1. The molecule has 0 bridgehead atoms. The fourth-order valence-electron chi connectivity index (χ4n) is 1.97. The quantitative estimate of drug-likeness (QED) is 0.604. The molecule has 0 spiro atoms. The van der Waals surface area contributed by atoms with Gasteiger partial charge in [-0.1, -0.05) is 0 Å². The molecule has 22 heavy (non-hydrogen) atoms. The van der Waals surface area contributed by atoms with Gasteiger partial charge in [0.1, 0.15) is 11.6 Å². The van der Waals surface area contributed by atoms with Crippen molar-refractivity contribution in [1.29, 1.82) is 0 Å². The van der Waals surface area contributed by atoms with Crippen molar-refractivity contribution in [2.45, 2.75) is 0 Å². The van der Waals surface area contributed by atoms with E-state index in [0.717, 1.165) is 5.69 Å². The third kappa shape index (κ3) is 3.25. The fraction of sp³-hybridized carbons (Fsp3) is 0.133. The van der Waals surface area contributed by atoms with Crippen molar-refractivity contribution < 1.29 is 8.78 Å². The number of nitrogens with two attached hydrogens (primary N) is 1. The Morgan fingerprint density at radius 2 is 1.77 bits per heavy atom. The van der Waals surface area contributed by atoms with Gasteiger partial charge in [0.25, 0.3) is 0 Å². The van der Waals surface area contributed by atoms with Crippen LogP contribution in [0.15, 0.2) is 41.2 Å². The molecule has 116 valence electrons. The molecule has 0 unspecified atom stereocenters. The minimum absolute atomic E-state index is 0.226. The van der Waals surface area contributed by atoms with E-state index >= 15 is 0 Å². The molecule has 0 amide bonds. The van der Waals surface area contributed by atoms with Gasteiger partial charge in [-0.05, 0) is 36.4 Å². The van der Waals surface area contributed by atoms with Gasteiger partial charge in [-0.15, -0.1) is 0 Å². The first-order valence-corrected chi connectivity index (χ1v) is 6.49. The molecule has 0 aliphatic rings. The Bertz CT molecular complexity index is 854. The highest BCUT2D eigenvalue weighted by Gasteiger charge is 2.02. The van der Waals surface area contributed by atoms with Gasteiger partial charge in [-0.3, -0.25) is 4.57 Å². The van der Waals surface area contributed by atoms with Gasteiger partial charge in [-0.25, -0.2) is 13.6 Å². The molecule has 3 aromatic rings. The van der Waals surface area contributed by atoms with Crippen molar-refractivity contribution in [3.8, 4) is 0 Å². The standard InChI is InChI=1S/C8H7FN2O.C7H9FN2/c1-11-7-3-2-5(9)4-6(7)10-8(11)12;1-10-7-3-2-5(8)4-6(7)9/h2-4H,1H3,(H,10,12);2-4,10H,9H2,1H3. The number of hydrogen-bond donors (Lipinski definition) is 3. The van der Waals surface area contributed by atoms with Crippen LogP contribution in [0, 0.1) is 11.6 Å². The summed E-state index contributed by atoms with van der Waals surface area (Å²) in [5.74, 6) is -0.652. The lowest BCUT2D eigenvalue weighted by Gasteiger charge is -2.02. The summed E-state index contributed by atoms with van der Waals surface area (Å²) in [6.45, 7) is 0. The van der Waals surface area contributed by atoms with E-state index in [4.69, 9.17) is 5.73 Å². The second-order valence-electron chi connectivity index (χ2n) is 4.63. The Hall–Kier alpha value is -2.83. The number of aromatic amines is 1. The Balaban J connectivity index is 0.000000164. The summed E-state index contributed by atoms with van der Waals surface area (Å²) in [6.07, 6.45) is 0. The van der Waals surface area contributed by atoms with Crippen molar-refractivity contribution in [2.24, 2.45) is 7.05 Å². The molecule has 0 saturated heterocycles. The van der Waals surface area contributed by atoms with Crippen LogP contribution in [0.1, 0.15) is 0 Å². The first-order valence-electron chi connectivity index (χ1n) is 6.49. The van der Waals surface area contributed by atoms with E-state index in [0.29, 0.717) is 16.7 Å². The lowest BCUT2D eigenvalue weighted by Crippen LogP contribution is -2.11. The van der Waals surface area contributed by atoms with Crippen LogP contribution in [0.4, 0.5) is 20.2 Å².